The summed E-state index contributed by atoms with van der Waals surface area (Å²) in [6, 6.07) is 3.06. The molecule has 5 nitrogen and oxygen atoms in total. The number of aliphatic carboxylic acids is 1. The number of aromatic nitrogens is 1. The van der Waals surface area contributed by atoms with Gasteiger partial charge in [0.05, 0.1) is 7.11 Å². The SMILES string of the molecule is COc1cc([C@](C)(N)C(=O)O)ccn1. The molecule has 0 radical (unpaired) electrons. The molecular weight excluding hydrogens is 184 g/mol. The van der Waals surface area contributed by atoms with Crippen molar-refractivity contribution in [3.8, 4) is 5.88 Å². The average Bonchev–Trinajstić information content (AvgIpc) is 2.17. The van der Waals surface area contributed by atoms with Crippen molar-refractivity contribution in [1.29, 1.82) is 0 Å². The van der Waals surface area contributed by atoms with Crippen LogP contribution in [0.4, 0.5) is 0 Å². The monoisotopic (exact) mass is 196 g/mol. The molecule has 0 amide bonds. The molecule has 0 unspecified atom stereocenters. The molecule has 0 spiro atoms. The summed E-state index contributed by atoms with van der Waals surface area (Å²) < 4.78 is 4.87. The minimum absolute atomic E-state index is 0.348. The maximum atomic E-state index is 10.8. The second kappa shape index (κ2) is 3.63. The van der Waals surface area contributed by atoms with E-state index in [0.717, 1.165) is 0 Å². The van der Waals surface area contributed by atoms with E-state index in [1.54, 1.807) is 6.07 Å². The molecule has 0 fully saturated rings. The van der Waals surface area contributed by atoms with Crippen LogP contribution < -0.4 is 10.5 Å². The predicted molar refractivity (Wildman–Crippen MR) is 50.0 cm³/mol. The van der Waals surface area contributed by atoms with Crippen LogP contribution in [0.5, 0.6) is 5.88 Å². The molecule has 0 aliphatic carbocycles. The van der Waals surface area contributed by atoms with Crippen molar-refractivity contribution in [3.05, 3.63) is 23.9 Å². The van der Waals surface area contributed by atoms with Crippen molar-refractivity contribution in [2.24, 2.45) is 5.73 Å². The highest BCUT2D eigenvalue weighted by Gasteiger charge is 2.30. The molecule has 5 heteroatoms. The number of pyridine rings is 1. The van der Waals surface area contributed by atoms with E-state index < -0.39 is 11.5 Å². The highest BCUT2D eigenvalue weighted by atomic mass is 16.5. The van der Waals surface area contributed by atoms with E-state index >= 15 is 0 Å². The Morgan fingerprint density at radius 3 is 2.86 bits per heavy atom. The molecule has 0 saturated carbocycles. The van der Waals surface area contributed by atoms with Crippen LogP contribution in [-0.4, -0.2) is 23.2 Å². The number of rotatable bonds is 3. The number of hydrogen-bond acceptors (Lipinski definition) is 4. The Morgan fingerprint density at radius 1 is 1.71 bits per heavy atom. The highest BCUT2D eigenvalue weighted by molar-refractivity contribution is 5.79. The number of methoxy groups -OCH3 is 1. The van der Waals surface area contributed by atoms with E-state index in [1.165, 1.54) is 26.3 Å². The molecule has 1 heterocycles. The number of hydrogen-bond donors (Lipinski definition) is 2. The number of ether oxygens (including phenoxy) is 1. The van der Waals surface area contributed by atoms with Crippen molar-refractivity contribution in [2.45, 2.75) is 12.5 Å². The first-order chi connectivity index (χ1) is 6.48. The van der Waals surface area contributed by atoms with Crippen LogP contribution in [0.15, 0.2) is 18.3 Å². The van der Waals surface area contributed by atoms with Gasteiger partial charge in [0.25, 0.3) is 0 Å². The molecule has 0 aliphatic rings. The van der Waals surface area contributed by atoms with Crippen molar-refractivity contribution in [3.63, 3.8) is 0 Å². The van der Waals surface area contributed by atoms with Gasteiger partial charge in [0.1, 0.15) is 5.54 Å². The summed E-state index contributed by atoms with van der Waals surface area (Å²) >= 11 is 0. The van der Waals surface area contributed by atoms with E-state index in [2.05, 4.69) is 4.98 Å². The molecule has 0 saturated heterocycles. The summed E-state index contributed by atoms with van der Waals surface area (Å²) in [4.78, 5) is 14.7. The van der Waals surface area contributed by atoms with Gasteiger partial charge in [-0.05, 0) is 18.6 Å². The molecule has 0 bridgehead atoms. The van der Waals surface area contributed by atoms with E-state index in [0.29, 0.717) is 11.4 Å². The Hall–Kier alpha value is -1.62. The molecule has 1 rings (SSSR count). The summed E-state index contributed by atoms with van der Waals surface area (Å²) in [5.41, 5.74) is 4.66. The number of carboxylic acid groups (broad SMARTS) is 1. The lowest BCUT2D eigenvalue weighted by molar-refractivity contribution is -0.143. The van der Waals surface area contributed by atoms with E-state index in [9.17, 15) is 4.79 Å². The normalized spacial score (nSPS) is 14.5. The Kier molecular flexibility index (Phi) is 2.71. The van der Waals surface area contributed by atoms with Crippen LogP contribution >= 0.6 is 0 Å². The minimum Gasteiger partial charge on any atom is -0.481 e. The van der Waals surface area contributed by atoms with Crippen molar-refractivity contribution < 1.29 is 14.6 Å². The zero-order valence-corrected chi connectivity index (χ0v) is 8.02. The van der Waals surface area contributed by atoms with Crippen LogP contribution in [0, 0.1) is 0 Å². The highest BCUT2D eigenvalue weighted by Crippen LogP contribution is 2.20. The molecule has 14 heavy (non-hydrogen) atoms. The van der Waals surface area contributed by atoms with Crippen LogP contribution in [0.1, 0.15) is 12.5 Å². The number of carbonyl (C=O) groups is 1. The molecule has 3 N–H and O–H groups in total. The lowest BCUT2D eigenvalue weighted by atomic mass is 9.94. The van der Waals surface area contributed by atoms with Crippen LogP contribution in [0.2, 0.25) is 0 Å². The quantitative estimate of drug-likeness (QED) is 0.728. The smallest absolute Gasteiger partial charge is 0.328 e. The first kappa shape index (κ1) is 10.5. The molecule has 1 aromatic rings. The van der Waals surface area contributed by atoms with Gasteiger partial charge in [0.2, 0.25) is 5.88 Å². The number of nitrogens with zero attached hydrogens (tertiary/aromatic N) is 1. The fourth-order valence-electron chi connectivity index (χ4n) is 0.968. The fourth-order valence-corrected chi connectivity index (χ4v) is 0.968. The molecule has 1 atom stereocenters. The van der Waals surface area contributed by atoms with Gasteiger partial charge in [0, 0.05) is 12.3 Å². The Balaban J connectivity index is 3.12. The van der Waals surface area contributed by atoms with Gasteiger partial charge in [-0.1, -0.05) is 0 Å². The summed E-state index contributed by atoms with van der Waals surface area (Å²) in [5.74, 6) is -0.744. The maximum Gasteiger partial charge on any atom is 0.328 e. The summed E-state index contributed by atoms with van der Waals surface area (Å²) in [5, 5.41) is 8.87. The standard InChI is InChI=1S/C9H12N2O3/c1-9(10,8(12)13)6-3-4-11-7(5-6)14-2/h3-5H,10H2,1-2H3,(H,12,13)/t9-/m0/s1. The van der Waals surface area contributed by atoms with Crippen molar-refractivity contribution >= 4 is 5.97 Å². The van der Waals surface area contributed by atoms with E-state index in [1.807, 2.05) is 0 Å². The molecule has 0 aliphatic heterocycles. The Morgan fingerprint density at radius 2 is 2.36 bits per heavy atom. The van der Waals surface area contributed by atoms with Gasteiger partial charge in [-0.3, -0.25) is 0 Å². The van der Waals surface area contributed by atoms with Gasteiger partial charge in [-0.15, -0.1) is 0 Å². The van der Waals surface area contributed by atoms with E-state index in [-0.39, 0.29) is 0 Å². The van der Waals surface area contributed by atoms with Crippen molar-refractivity contribution in [2.75, 3.05) is 7.11 Å². The largest absolute Gasteiger partial charge is 0.481 e. The molecule has 76 valence electrons. The predicted octanol–water partition coefficient (Wildman–Crippen LogP) is 0.349. The van der Waals surface area contributed by atoms with Crippen molar-refractivity contribution in [1.82, 2.24) is 4.98 Å². The van der Waals surface area contributed by atoms with Gasteiger partial charge in [-0.2, -0.15) is 0 Å². The van der Waals surface area contributed by atoms with Gasteiger partial charge >= 0.3 is 5.97 Å². The second-order valence-corrected chi connectivity index (χ2v) is 3.09. The van der Waals surface area contributed by atoms with Gasteiger partial charge in [-0.25, -0.2) is 9.78 Å². The van der Waals surface area contributed by atoms with Crippen LogP contribution in [-0.2, 0) is 10.3 Å². The molecule has 1 aromatic heterocycles. The van der Waals surface area contributed by atoms with Gasteiger partial charge < -0.3 is 15.6 Å². The fraction of sp³-hybridized carbons (Fsp3) is 0.333. The minimum atomic E-state index is -1.42. The topological polar surface area (TPSA) is 85.4 Å². The number of nitrogens with two attached hydrogens (primary N) is 1. The Labute approximate surface area is 81.5 Å². The first-order valence-electron chi connectivity index (χ1n) is 4.01. The maximum absolute atomic E-state index is 10.8. The third-order valence-corrected chi connectivity index (χ3v) is 1.99. The van der Waals surface area contributed by atoms with Crippen LogP contribution in [0.3, 0.4) is 0 Å². The number of carboxylic acids is 1. The van der Waals surface area contributed by atoms with E-state index in [4.69, 9.17) is 15.6 Å². The summed E-state index contributed by atoms with van der Waals surface area (Å²) in [7, 11) is 1.46. The molecule has 0 aromatic carbocycles. The third kappa shape index (κ3) is 1.82. The van der Waals surface area contributed by atoms with Gasteiger partial charge in [0.15, 0.2) is 0 Å². The second-order valence-electron chi connectivity index (χ2n) is 3.09. The summed E-state index contributed by atoms with van der Waals surface area (Å²) in [6.45, 7) is 1.42. The summed E-state index contributed by atoms with van der Waals surface area (Å²) in [6.07, 6.45) is 1.46. The lowest BCUT2D eigenvalue weighted by Crippen LogP contribution is -2.41. The molecular formula is C9H12N2O3. The zero-order chi connectivity index (χ0) is 10.8. The average molecular weight is 196 g/mol. The Bertz CT molecular complexity index is 350. The first-order valence-corrected chi connectivity index (χ1v) is 4.01. The third-order valence-electron chi connectivity index (χ3n) is 1.99. The zero-order valence-electron chi connectivity index (χ0n) is 8.02. The van der Waals surface area contributed by atoms with Crippen LogP contribution in [0.25, 0.3) is 0 Å². The lowest BCUT2D eigenvalue weighted by Gasteiger charge is -2.19.